The highest BCUT2D eigenvalue weighted by Crippen LogP contribution is 2.24. The standard InChI is InChI=1S/C13H20N2S/c1-10-3-4-13(14)11(7-10)8-15(2)12-5-6-16-9-12/h3-4,7,12H,5-6,8-9,14H2,1-2H3. The molecule has 0 aromatic heterocycles. The minimum absolute atomic E-state index is 0.727. The van der Waals surface area contributed by atoms with Crippen LogP contribution in [0.25, 0.3) is 0 Å². The third-order valence-corrected chi connectivity index (χ3v) is 4.39. The Bertz CT molecular complexity index is 359. The predicted molar refractivity (Wildman–Crippen MR) is 72.8 cm³/mol. The summed E-state index contributed by atoms with van der Waals surface area (Å²) < 4.78 is 0. The maximum absolute atomic E-state index is 6.00. The van der Waals surface area contributed by atoms with Gasteiger partial charge in [0.2, 0.25) is 0 Å². The molecular weight excluding hydrogens is 216 g/mol. The highest BCUT2D eigenvalue weighted by Gasteiger charge is 2.20. The molecule has 2 rings (SSSR count). The van der Waals surface area contributed by atoms with Crippen molar-refractivity contribution in [2.45, 2.75) is 25.9 Å². The molecule has 2 nitrogen and oxygen atoms in total. The molecule has 0 spiro atoms. The van der Waals surface area contributed by atoms with Crippen LogP contribution in [-0.2, 0) is 6.54 Å². The monoisotopic (exact) mass is 236 g/mol. The first kappa shape index (κ1) is 11.8. The Labute approximate surface area is 102 Å². The number of nitrogens with two attached hydrogens (primary N) is 1. The Balaban J connectivity index is 2.04. The van der Waals surface area contributed by atoms with Gasteiger partial charge in [0, 0.05) is 24.0 Å². The number of benzene rings is 1. The van der Waals surface area contributed by atoms with E-state index in [1.54, 1.807) is 0 Å². The summed E-state index contributed by atoms with van der Waals surface area (Å²) in [6.45, 7) is 3.09. The first-order valence-electron chi connectivity index (χ1n) is 5.80. The molecule has 1 aromatic rings. The molecule has 1 aliphatic heterocycles. The minimum atomic E-state index is 0.727. The van der Waals surface area contributed by atoms with E-state index in [1.165, 1.54) is 29.1 Å². The van der Waals surface area contributed by atoms with Crippen LogP contribution in [0.4, 0.5) is 5.69 Å². The Morgan fingerprint density at radius 1 is 1.50 bits per heavy atom. The summed E-state index contributed by atoms with van der Waals surface area (Å²) in [4.78, 5) is 2.44. The van der Waals surface area contributed by atoms with Crippen molar-refractivity contribution >= 4 is 17.4 Å². The Morgan fingerprint density at radius 3 is 3.00 bits per heavy atom. The number of hydrogen-bond donors (Lipinski definition) is 1. The Kier molecular flexibility index (Phi) is 3.77. The van der Waals surface area contributed by atoms with Crippen molar-refractivity contribution in [2.24, 2.45) is 0 Å². The van der Waals surface area contributed by atoms with Gasteiger partial charge in [-0.3, -0.25) is 4.90 Å². The van der Waals surface area contributed by atoms with Crippen molar-refractivity contribution < 1.29 is 0 Å². The third kappa shape index (κ3) is 2.71. The van der Waals surface area contributed by atoms with Crippen LogP contribution in [0.2, 0.25) is 0 Å². The van der Waals surface area contributed by atoms with Gasteiger partial charge in [0.15, 0.2) is 0 Å². The van der Waals surface area contributed by atoms with Gasteiger partial charge in [-0.15, -0.1) is 0 Å². The maximum atomic E-state index is 6.00. The van der Waals surface area contributed by atoms with E-state index in [2.05, 4.69) is 42.8 Å². The molecule has 2 N–H and O–H groups in total. The summed E-state index contributed by atoms with van der Waals surface area (Å²) in [5.74, 6) is 2.57. The molecule has 1 unspecified atom stereocenters. The molecule has 0 amide bonds. The van der Waals surface area contributed by atoms with Gasteiger partial charge in [-0.25, -0.2) is 0 Å². The maximum Gasteiger partial charge on any atom is 0.0359 e. The fourth-order valence-electron chi connectivity index (χ4n) is 2.14. The van der Waals surface area contributed by atoms with Crippen LogP contribution in [-0.4, -0.2) is 29.5 Å². The summed E-state index contributed by atoms with van der Waals surface area (Å²) in [6.07, 6.45) is 1.31. The van der Waals surface area contributed by atoms with Gasteiger partial charge in [0.25, 0.3) is 0 Å². The molecule has 1 heterocycles. The normalized spacial score (nSPS) is 20.6. The minimum Gasteiger partial charge on any atom is -0.398 e. The van der Waals surface area contributed by atoms with E-state index in [0.29, 0.717) is 0 Å². The lowest BCUT2D eigenvalue weighted by molar-refractivity contribution is 0.255. The molecule has 0 aliphatic carbocycles. The number of hydrogen-bond acceptors (Lipinski definition) is 3. The fraction of sp³-hybridized carbons (Fsp3) is 0.538. The average molecular weight is 236 g/mol. The van der Waals surface area contributed by atoms with E-state index in [1.807, 2.05) is 6.07 Å². The molecule has 0 saturated carbocycles. The van der Waals surface area contributed by atoms with Crippen molar-refractivity contribution in [3.05, 3.63) is 29.3 Å². The Hall–Kier alpha value is -0.670. The molecule has 88 valence electrons. The van der Waals surface area contributed by atoms with E-state index in [0.717, 1.165) is 18.3 Å². The number of anilines is 1. The molecule has 1 aromatic carbocycles. The highest BCUT2D eigenvalue weighted by molar-refractivity contribution is 7.99. The van der Waals surface area contributed by atoms with Crippen molar-refractivity contribution in [1.29, 1.82) is 0 Å². The molecule has 0 bridgehead atoms. The molecule has 16 heavy (non-hydrogen) atoms. The van der Waals surface area contributed by atoms with Gasteiger partial charge in [0.05, 0.1) is 0 Å². The first-order valence-corrected chi connectivity index (χ1v) is 6.95. The van der Waals surface area contributed by atoms with Crippen molar-refractivity contribution in [3.63, 3.8) is 0 Å². The van der Waals surface area contributed by atoms with Crippen LogP contribution in [0.15, 0.2) is 18.2 Å². The van der Waals surface area contributed by atoms with E-state index in [-0.39, 0.29) is 0 Å². The van der Waals surface area contributed by atoms with Crippen molar-refractivity contribution in [1.82, 2.24) is 4.90 Å². The zero-order valence-electron chi connectivity index (χ0n) is 10.1. The highest BCUT2D eigenvalue weighted by atomic mass is 32.2. The van der Waals surface area contributed by atoms with Gasteiger partial charge >= 0.3 is 0 Å². The quantitative estimate of drug-likeness (QED) is 0.818. The molecule has 3 heteroatoms. The van der Waals surface area contributed by atoms with Gasteiger partial charge < -0.3 is 5.73 Å². The first-order chi connectivity index (χ1) is 7.66. The van der Waals surface area contributed by atoms with Crippen LogP contribution in [0.5, 0.6) is 0 Å². The van der Waals surface area contributed by atoms with E-state index in [9.17, 15) is 0 Å². The topological polar surface area (TPSA) is 29.3 Å². The molecule has 1 atom stereocenters. The second kappa shape index (κ2) is 5.11. The van der Waals surface area contributed by atoms with E-state index < -0.39 is 0 Å². The van der Waals surface area contributed by atoms with E-state index in [4.69, 9.17) is 5.73 Å². The second-order valence-corrected chi connectivity index (χ2v) is 5.78. The van der Waals surface area contributed by atoms with E-state index >= 15 is 0 Å². The van der Waals surface area contributed by atoms with Crippen LogP contribution < -0.4 is 5.73 Å². The lowest BCUT2D eigenvalue weighted by atomic mass is 10.1. The summed E-state index contributed by atoms with van der Waals surface area (Å²) in [7, 11) is 2.21. The zero-order valence-corrected chi connectivity index (χ0v) is 10.9. The van der Waals surface area contributed by atoms with Gasteiger partial charge in [-0.1, -0.05) is 17.7 Å². The lowest BCUT2D eigenvalue weighted by Crippen LogP contribution is -2.31. The second-order valence-electron chi connectivity index (χ2n) is 4.63. The summed E-state index contributed by atoms with van der Waals surface area (Å²) >= 11 is 2.06. The molecule has 0 radical (unpaired) electrons. The van der Waals surface area contributed by atoms with Crippen LogP contribution >= 0.6 is 11.8 Å². The number of rotatable bonds is 3. The molecule has 1 aliphatic rings. The van der Waals surface area contributed by atoms with Crippen LogP contribution in [0.1, 0.15) is 17.5 Å². The number of thioether (sulfide) groups is 1. The van der Waals surface area contributed by atoms with Crippen LogP contribution in [0.3, 0.4) is 0 Å². The third-order valence-electron chi connectivity index (χ3n) is 3.25. The summed E-state index contributed by atoms with van der Waals surface area (Å²) in [6, 6.07) is 7.02. The number of nitrogens with zero attached hydrogens (tertiary/aromatic N) is 1. The smallest absolute Gasteiger partial charge is 0.0359 e. The number of aryl methyl sites for hydroxylation is 1. The summed E-state index contributed by atoms with van der Waals surface area (Å²) in [5.41, 5.74) is 9.48. The van der Waals surface area contributed by atoms with Crippen molar-refractivity contribution in [2.75, 3.05) is 24.3 Å². The van der Waals surface area contributed by atoms with Crippen LogP contribution in [0, 0.1) is 6.92 Å². The average Bonchev–Trinajstić information content (AvgIpc) is 2.76. The SMILES string of the molecule is Cc1ccc(N)c(CN(C)C2CCSC2)c1. The zero-order chi connectivity index (χ0) is 11.5. The van der Waals surface area contributed by atoms with Crippen molar-refractivity contribution in [3.8, 4) is 0 Å². The lowest BCUT2D eigenvalue weighted by Gasteiger charge is -2.24. The molecular formula is C13H20N2S. The van der Waals surface area contributed by atoms with Gasteiger partial charge in [-0.2, -0.15) is 11.8 Å². The number of nitrogen functional groups attached to an aromatic ring is 1. The molecule has 1 saturated heterocycles. The van der Waals surface area contributed by atoms with Gasteiger partial charge in [-0.05, 0) is 37.8 Å². The fourth-order valence-corrected chi connectivity index (χ4v) is 3.44. The Morgan fingerprint density at radius 2 is 2.31 bits per heavy atom. The molecule has 1 fully saturated rings. The van der Waals surface area contributed by atoms with Gasteiger partial charge in [0.1, 0.15) is 0 Å². The largest absolute Gasteiger partial charge is 0.398 e. The predicted octanol–water partition coefficient (Wildman–Crippen LogP) is 2.51. The summed E-state index contributed by atoms with van der Waals surface area (Å²) in [5, 5.41) is 0.